The van der Waals surface area contributed by atoms with Crippen molar-refractivity contribution in [3.05, 3.63) is 35.6 Å². The van der Waals surface area contributed by atoms with Gasteiger partial charge in [0.25, 0.3) is 0 Å². The highest BCUT2D eigenvalue weighted by atomic mass is 32.2. The van der Waals surface area contributed by atoms with Gasteiger partial charge in [-0.1, -0.05) is 12.1 Å². The first-order chi connectivity index (χ1) is 9.63. The van der Waals surface area contributed by atoms with Crippen LogP contribution in [0.5, 0.6) is 0 Å². The molecular formula is C14H15FN2O2S. The fraction of sp³-hybridized carbons (Fsp3) is 0.429. The molecule has 1 saturated heterocycles. The number of halogens is 1. The Hall–Kier alpha value is -1.56. The highest BCUT2D eigenvalue weighted by Crippen LogP contribution is 2.38. The van der Waals surface area contributed by atoms with Crippen molar-refractivity contribution in [1.29, 1.82) is 0 Å². The topological polar surface area (TPSA) is 49.4 Å². The Labute approximate surface area is 120 Å². The highest BCUT2D eigenvalue weighted by molar-refractivity contribution is 8.00. The SMILES string of the molecule is O=C(CN1C(=O)CS[C@@H]1c1ccc(F)cc1)NC1CC1. The summed E-state index contributed by atoms with van der Waals surface area (Å²) in [6, 6.07) is 6.37. The molecule has 1 aliphatic heterocycles. The summed E-state index contributed by atoms with van der Waals surface area (Å²) in [7, 11) is 0. The number of hydrogen-bond acceptors (Lipinski definition) is 3. The van der Waals surface area contributed by atoms with Crippen LogP contribution in [0.4, 0.5) is 4.39 Å². The lowest BCUT2D eigenvalue weighted by atomic mass is 10.2. The molecular weight excluding hydrogens is 279 g/mol. The van der Waals surface area contributed by atoms with E-state index in [0.717, 1.165) is 18.4 Å². The van der Waals surface area contributed by atoms with E-state index in [0.29, 0.717) is 5.75 Å². The molecule has 1 heterocycles. The number of benzene rings is 1. The molecule has 0 unspecified atom stereocenters. The fourth-order valence-corrected chi connectivity index (χ4v) is 3.37. The molecule has 4 nitrogen and oxygen atoms in total. The van der Waals surface area contributed by atoms with Crippen molar-refractivity contribution in [2.75, 3.05) is 12.3 Å². The summed E-state index contributed by atoms with van der Waals surface area (Å²) in [5, 5.41) is 2.68. The zero-order valence-corrected chi connectivity index (χ0v) is 11.7. The minimum Gasteiger partial charge on any atom is -0.352 e. The Balaban J connectivity index is 1.70. The molecule has 2 aliphatic rings. The number of carbonyl (C=O) groups is 2. The average molecular weight is 294 g/mol. The van der Waals surface area contributed by atoms with Crippen LogP contribution in [-0.4, -0.2) is 35.1 Å². The standard InChI is InChI=1S/C14H15FN2O2S/c15-10-3-1-9(2-4-10)14-17(13(19)8-20-14)7-12(18)16-11-5-6-11/h1-4,11,14H,5-8H2,(H,16,18)/t14-/m1/s1. The predicted octanol–water partition coefficient (Wildman–Crippen LogP) is 1.68. The summed E-state index contributed by atoms with van der Waals surface area (Å²) in [6.45, 7) is 0.0738. The van der Waals surface area contributed by atoms with Crippen LogP contribution < -0.4 is 5.32 Å². The van der Waals surface area contributed by atoms with E-state index in [1.165, 1.54) is 23.9 Å². The van der Waals surface area contributed by atoms with Gasteiger partial charge in [0.15, 0.2) is 0 Å². The van der Waals surface area contributed by atoms with Crippen LogP contribution >= 0.6 is 11.8 Å². The first-order valence-corrected chi connectivity index (χ1v) is 7.64. The van der Waals surface area contributed by atoms with Gasteiger partial charge >= 0.3 is 0 Å². The molecule has 106 valence electrons. The molecule has 2 amide bonds. The molecule has 1 N–H and O–H groups in total. The van der Waals surface area contributed by atoms with Gasteiger partial charge in [-0.25, -0.2) is 4.39 Å². The monoisotopic (exact) mass is 294 g/mol. The van der Waals surface area contributed by atoms with Crippen LogP contribution in [0.1, 0.15) is 23.8 Å². The fourth-order valence-electron chi connectivity index (χ4n) is 2.18. The Morgan fingerprint density at radius 3 is 2.70 bits per heavy atom. The third-order valence-corrected chi connectivity index (χ3v) is 4.64. The van der Waals surface area contributed by atoms with Crippen molar-refractivity contribution < 1.29 is 14.0 Å². The van der Waals surface area contributed by atoms with E-state index >= 15 is 0 Å². The van der Waals surface area contributed by atoms with Gasteiger partial charge in [-0.05, 0) is 30.5 Å². The second-order valence-corrected chi connectivity index (χ2v) is 6.15. The number of nitrogens with one attached hydrogen (secondary N) is 1. The lowest BCUT2D eigenvalue weighted by Crippen LogP contribution is -2.40. The summed E-state index contributed by atoms with van der Waals surface area (Å²) in [4.78, 5) is 25.3. The number of nitrogens with zero attached hydrogens (tertiary/aromatic N) is 1. The predicted molar refractivity (Wildman–Crippen MR) is 74.5 cm³/mol. The molecule has 20 heavy (non-hydrogen) atoms. The van der Waals surface area contributed by atoms with Gasteiger partial charge in [0.05, 0.1) is 5.75 Å². The van der Waals surface area contributed by atoms with Gasteiger partial charge in [0, 0.05) is 6.04 Å². The smallest absolute Gasteiger partial charge is 0.239 e. The molecule has 3 rings (SSSR count). The minimum atomic E-state index is -0.305. The van der Waals surface area contributed by atoms with Gasteiger partial charge in [-0.3, -0.25) is 9.59 Å². The summed E-state index contributed by atoms with van der Waals surface area (Å²) >= 11 is 1.47. The molecule has 0 radical (unpaired) electrons. The van der Waals surface area contributed by atoms with Crippen molar-refractivity contribution >= 4 is 23.6 Å². The number of hydrogen-bond donors (Lipinski definition) is 1. The number of rotatable bonds is 4. The van der Waals surface area contributed by atoms with E-state index in [9.17, 15) is 14.0 Å². The Morgan fingerprint density at radius 2 is 2.05 bits per heavy atom. The molecule has 1 aromatic rings. The quantitative estimate of drug-likeness (QED) is 0.919. The van der Waals surface area contributed by atoms with Crippen LogP contribution in [0.15, 0.2) is 24.3 Å². The van der Waals surface area contributed by atoms with Crippen molar-refractivity contribution in [1.82, 2.24) is 10.2 Å². The minimum absolute atomic E-state index is 0.0460. The van der Waals surface area contributed by atoms with E-state index in [-0.39, 0.29) is 35.6 Å². The third-order valence-electron chi connectivity index (χ3n) is 3.38. The van der Waals surface area contributed by atoms with Crippen molar-refractivity contribution in [3.8, 4) is 0 Å². The molecule has 0 aromatic heterocycles. The van der Waals surface area contributed by atoms with E-state index < -0.39 is 0 Å². The lowest BCUT2D eigenvalue weighted by Gasteiger charge is -2.23. The first-order valence-electron chi connectivity index (χ1n) is 6.59. The lowest BCUT2D eigenvalue weighted by molar-refractivity contribution is -0.133. The second-order valence-electron chi connectivity index (χ2n) is 5.08. The number of carbonyl (C=O) groups excluding carboxylic acids is 2. The summed E-state index contributed by atoms with van der Waals surface area (Å²) in [5.74, 6) is -0.106. The summed E-state index contributed by atoms with van der Waals surface area (Å²) in [6.07, 6.45) is 2.05. The molecule has 1 aliphatic carbocycles. The summed E-state index contributed by atoms with van der Waals surface area (Å²) < 4.78 is 13.0. The normalized spacial score (nSPS) is 22.1. The van der Waals surface area contributed by atoms with E-state index in [1.807, 2.05) is 0 Å². The van der Waals surface area contributed by atoms with Crippen LogP contribution in [-0.2, 0) is 9.59 Å². The van der Waals surface area contributed by atoms with Gasteiger partial charge in [-0.2, -0.15) is 0 Å². The maximum Gasteiger partial charge on any atom is 0.239 e. The molecule has 1 atom stereocenters. The third kappa shape index (κ3) is 2.95. The Morgan fingerprint density at radius 1 is 1.35 bits per heavy atom. The summed E-state index contributed by atoms with van der Waals surface area (Å²) in [5.41, 5.74) is 0.849. The molecule has 0 spiro atoms. The maximum atomic E-state index is 13.0. The van der Waals surface area contributed by atoms with Gasteiger partial charge in [0.1, 0.15) is 17.7 Å². The van der Waals surface area contributed by atoms with Crippen molar-refractivity contribution in [2.45, 2.75) is 24.3 Å². The number of thioether (sulfide) groups is 1. The number of amides is 2. The van der Waals surface area contributed by atoms with Crippen LogP contribution in [0.25, 0.3) is 0 Å². The van der Waals surface area contributed by atoms with Crippen molar-refractivity contribution in [2.24, 2.45) is 0 Å². The van der Waals surface area contributed by atoms with Crippen molar-refractivity contribution in [3.63, 3.8) is 0 Å². The van der Waals surface area contributed by atoms with Gasteiger partial charge in [-0.15, -0.1) is 11.8 Å². The molecule has 2 fully saturated rings. The van der Waals surface area contributed by atoms with Crippen LogP contribution in [0.3, 0.4) is 0 Å². The zero-order valence-electron chi connectivity index (χ0n) is 10.8. The van der Waals surface area contributed by atoms with E-state index in [2.05, 4.69) is 5.32 Å². The van der Waals surface area contributed by atoms with Gasteiger partial charge in [0.2, 0.25) is 11.8 Å². The molecule has 1 aromatic carbocycles. The van der Waals surface area contributed by atoms with Crippen LogP contribution in [0.2, 0.25) is 0 Å². The van der Waals surface area contributed by atoms with E-state index in [1.54, 1.807) is 17.0 Å². The molecule has 1 saturated carbocycles. The zero-order chi connectivity index (χ0) is 14.1. The molecule has 0 bridgehead atoms. The van der Waals surface area contributed by atoms with Gasteiger partial charge < -0.3 is 10.2 Å². The average Bonchev–Trinajstić information content (AvgIpc) is 3.16. The molecule has 6 heteroatoms. The maximum absolute atomic E-state index is 13.0. The highest BCUT2D eigenvalue weighted by Gasteiger charge is 2.35. The largest absolute Gasteiger partial charge is 0.352 e. The Kier molecular flexibility index (Phi) is 3.65. The second kappa shape index (κ2) is 5.44. The van der Waals surface area contributed by atoms with E-state index in [4.69, 9.17) is 0 Å². The van der Waals surface area contributed by atoms with Crippen LogP contribution in [0, 0.1) is 5.82 Å². The first kappa shape index (κ1) is 13.4. The Bertz CT molecular complexity index is 530.